The van der Waals surface area contributed by atoms with Crippen molar-refractivity contribution in [2.24, 2.45) is 0 Å². The molecular formula is C15H16BrN3O2. The van der Waals surface area contributed by atoms with Crippen molar-refractivity contribution < 1.29 is 9.47 Å². The van der Waals surface area contributed by atoms with Crippen LogP contribution in [0.15, 0.2) is 28.9 Å². The Balaban J connectivity index is 1.92. The van der Waals surface area contributed by atoms with Crippen LogP contribution in [0, 0.1) is 0 Å². The van der Waals surface area contributed by atoms with Gasteiger partial charge in [0.2, 0.25) is 0 Å². The predicted molar refractivity (Wildman–Crippen MR) is 84.5 cm³/mol. The Labute approximate surface area is 131 Å². The molecule has 110 valence electrons. The summed E-state index contributed by atoms with van der Waals surface area (Å²) in [6.07, 6.45) is 2.33. The van der Waals surface area contributed by atoms with Crippen LogP contribution >= 0.6 is 15.9 Å². The SMILES string of the molecule is COc1ccc(OC)c(Nc2cc(Br)nc(C3CC3)n2)c1. The van der Waals surface area contributed by atoms with Gasteiger partial charge in [0.1, 0.15) is 27.7 Å². The topological polar surface area (TPSA) is 56.3 Å². The summed E-state index contributed by atoms with van der Waals surface area (Å²) < 4.78 is 11.4. The third-order valence-corrected chi connectivity index (χ3v) is 3.73. The standard InChI is InChI=1S/C15H16BrN3O2/c1-20-10-5-6-12(21-2)11(7-10)17-14-8-13(16)18-15(19-14)9-3-4-9/h5-9H,3-4H2,1-2H3,(H,17,18,19). The van der Waals surface area contributed by atoms with Crippen molar-refractivity contribution in [1.29, 1.82) is 0 Å². The molecule has 0 bridgehead atoms. The van der Waals surface area contributed by atoms with Crippen LogP contribution in [-0.2, 0) is 0 Å². The van der Waals surface area contributed by atoms with Gasteiger partial charge in [0.15, 0.2) is 0 Å². The van der Waals surface area contributed by atoms with Crippen molar-refractivity contribution in [3.63, 3.8) is 0 Å². The molecule has 6 heteroatoms. The zero-order chi connectivity index (χ0) is 14.8. The van der Waals surface area contributed by atoms with Gasteiger partial charge in [0.25, 0.3) is 0 Å². The van der Waals surface area contributed by atoms with Crippen molar-refractivity contribution in [2.45, 2.75) is 18.8 Å². The molecule has 3 rings (SSSR count). The monoisotopic (exact) mass is 349 g/mol. The van der Waals surface area contributed by atoms with Gasteiger partial charge in [-0.3, -0.25) is 0 Å². The number of hydrogen-bond donors (Lipinski definition) is 1. The molecule has 1 N–H and O–H groups in total. The number of nitrogens with one attached hydrogen (secondary N) is 1. The van der Waals surface area contributed by atoms with Gasteiger partial charge in [0, 0.05) is 18.1 Å². The molecule has 1 aromatic carbocycles. The Bertz CT molecular complexity index is 659. The van der Waals surface area contributed by atoms with Crippen LogP contribution in [-0.4, -0.2) is 24.2 Å². The smallest absolute Gasteiger partial charge is 0.142 e. The lowest BCUT2D eigenvalue weighted by molar-refractivity contribution is 0.405. The first kappa shape index (κ1) is 14.1. The number of hydrogen-bond acceptors (Lipinski definition) is 5. The molecule has 1 aliphatic rings. The summed E-state index contributed by atoms with van der Waals surface area (Å²) in [5.41, 5.74) is 0.809. The molecule has 1 heterocycles. The summed E-state index contributed by atoms with van der Waals surface area (Å²) in [4.78, 5) is 9.00. The molecule has 0 amide bonds. The van der Waals surface area contributed by atoms with Crippen molar-refractivity contribution in [2.75, 3.05) is 19.5 Å². The molecule has 1 saturated carbocycles. The van der Waals surface area contributed by atoms with Crippen LogP contribution in [0.1, 0.15) is 24.6 Å². The maximum atomic E-state index is 5.36. The minimum absolute atomic E-state index is 0.496. The van der Waals surface area contributed by atoms with Gasteiger partial charge in [-0.1, -0.05) is 0 Å². The predicted octanol–water partition coefficient (Wildman–Crippen LogP) is 3.88. The van der Waals surface area contributed by atoms with Crippen LogP contribution in [0.25, 0.3) is 0 Å². The van der Waals surface area contributed by atoms with Crippen LogP contribution < -0.4 is 14.8 Å². The maximum absolute atomic E-state index is 5.36. The van der Waals surface area contributed by atoms with E-state index in [4.69, 9.17) is 9.47 Å². The van der Waals surface area contributed by atoms with E-state index in [1.807, 2.05) is 24.3 Å². The van der Waals surface area contributed by atoms with Gasteiger partial charge >= 0.3 is 0 Å². The molecule has 21 heavy (non-hydrogen) atoms. The summed E-state index contributed by atoms with van der Waals surface area (Å²) in [6, 6.07) is 7.45. The molecule has 0 radical (unpaired) electrons. The summed E-state index contributed by atoms with van der Waals surface area (Å²) in [6.45, 7) is 0. The molecule has 0 unspecified atom stereocenters. The highest BCUT2D eigenvalue weighted by molar-refractivity contribution is 9.10. The van der Waals surface area contributed by atoms with E-state index in [9.17, 15) is 0 Å². The largest absolute Gasteiger partial charge is 0.497 e. The van der Waals surface area contributed by atoms with Crippen molar-refractivity contribution in [3.05, 3.63) is 34.7 Å². The Hall–Kier alpha value is -1.82. The minimum Gasteiger partial charge on any atom is -0.497 e. The Morgan fingerprint density at radius 1 is 1.14 bits per heavy atom. The molecule has 0 atom stereocenters. The van der Waals surface area contributed by atoms with Crippen LogP contribution in [0.4, 0.5) is 11.5 Å². The van der Waals surface area contributed by atoms with Gasteiger partial charge < -0.3 is 14.8 Å². The number of anilines is 2. The summed E-state index contributed by atoms with van der Waals surface area (Å²) in [7, 11) is 3.27. The van der Waals surface area contributed by atoms with Gasteiger partial charge in [0.05, 0.1) is 19.9 Å². The number of methoxy groups -OCH3 is 2. The number of rotatable bonds is 5. The van der Waals surface area contributed by atoms with Gasteiger partial charge in [-0.2, -0.15) is 0 Å². The van der Waals surface area contributed by atoms with E-state index >= 15 is 0 Å². The average molecular weight is 350 g/mol. The number of ether oxygens (including phenoxy) is 2. The van der Waals surface area contributed by atoms with Crippen molar-refractivity contribution in [3.8, 4) is 11.5 Å². The molecule has 2 aromatic rings. The normalized spacial score (nSPS) is 13.9. The zero-order valence-electron chi connectivity index (χ0n) is 11.9. The number of halogens is 1. The highest BCUT2D eigenvalue weighted by Gasteiger charge is 2.27. The molecule has 1 fully saturated rings. The molecule has 5 nitrogen and oxygen atoms in total. The minimum atomic E-state index is 0.496. The average Bonchev–Trinajstić information content (AvgIpc) is 3.31. The highest BCUT2D eigenvalue weighted by atomic mass is 79.9. The maximum Gasteiger partial charge on any atom is 0.142 e. The highest BCUT2D eigenvalue weighted by Crippen LogP contribution is 2.39. The Morgan fingerprint density at radius 3 is 2.62 bits per heavy atom. The lowest BCUT2D eigenvalue weighted by Crippen LogP contribution is -2.01. The van der Waals surface area contributed by atoms with Crippen LogP contribution in [0.3, 0.4) is 0 Å². The second-order valence-electron chi connectivity index (χ2n) is 4.90. The fraction of sp³-hybridized carbons (Fsp3) is 0.333. The van der Waals surface area contributed by atoms with E-state index < -0.39 is 0 Å². The van der Waals surface area contributed by atoms with Gasteiger partial charge in [-0.25, -0.2) is 9.97 Å². The van der Waals surface area contributed by atoms with E-state index in [0.717, 1.165) is 33.4 Å². The van der Waals surface area contributed by atoms with E-state index in [1.54, 1.807) is 14.2 Å². The van der Waals surface area contributed by atoms with E-state index in [-0.39, 0.29) is 0 Å². The molecule has 0 aliphatic heterocycles. The summed E-state index contributed by atoms with van der Waals surface area (Å²) in [5.74, 6) is 3.61. The zero-order valence-corrected chi connectivity index (χ0v) is 13.5. The van der Waals surface area contributed by atoms with E-state index in [0.29, 0.717) is 5.92 Å². The number of nitrogens with zero attached hydrogens (tertiary/aromatic N) is 2. The first-order valence-corrected chi connectivity index (χ1v) is 7.52. The van der Waals surface area contributed by atoms with Gasteiger partial charge in [-0.15, -0.1) is 0 Å². The Morgan fingerprint density at radius 2 is 1.95 bits per heavy atom. The summed E-state index contributed by atoms with van der Waals surface area (Å²) >= 11 is 3.44. The fourth-order valence-electron chi connectivity index (χ4n) is 2.07. The summed E-state index contributed by atoms with van der Waals surface area (Å²) in [5, 5.41) is 3.28. The van der Waals surface area contributed by atoms with Crippen molar-refractivity contribution in [1.82, 2.24) is 9.97 Å². The second-order valence-corrected chi connectivity index (χ2v) is 5.71. The molecule has 1 aromatic heterocycles. The first-order valence-electron chi connectivity index (χ1n) is 6.73. The Kier molecular flexibility index (Phi) is 3.96. The lowest BCUT2D eigenvalue weighted by Gasteiger charge is -2.13. The second kappa shape index (κ2) is 5.89. The van der Waals surface area contributed by atoms with Crippen LogP contribution in [0.2, 0.25) is 0 Å². The molecular weight excluding hydrogens is 334 g/mol. The van der Waals surface area contributed by atoms with E-state index in [1.165, 1.54) is 12.8 Å². The number of benzene rings is 1. The molecule has 0 saturated heterocycles. The first-order chi connectivity index (χ1) is 10.2. The molecule has 0 spiro atoms. The van der Waals surface area contributed by atoms with Crippen LogP contribution in [0.5, 0.6) is 11.5 Å². The third kappa shape index (κ3) is 3.26. The quantitative estimate of drug-likeness (QED) is 0.830. The van der Waals surface area contributed by atoms with Crippen molar-refractivity contribution >= 4 is 27.4 Å². The fourth-order valence-corrected chi connectivity index (χ4v) is 2.47. The molecule has 1 aliphatic carbocycles. The lowest BCUT2D eigenvalue weighted by atomic mass is 10.2. The third-order valence-electron chi connectivity index (χ3n) is 3.32. The van der Waals surface area contributed by atoms with Gasteiger partial charge in [-0.05, 0) is 40.9 Å². The van der Waals surface area contributed by atoms with E-state index in [2.05, 4.69) is 31.2 Å². The number of aromatic nitrogens is 2.